The molecule has 0 aliphatic carbocycles. The van der Waals surface area contributed by atoms with E-state index < -0.39 is 0 Å². The van der Waals surface area contributed by atoms with Crippen molar-refractivity contribution in [3.63, 3.8) is 0 Å². The summed E-state index contributed by atoms with van der Waals surface area (Å²) in [4.78, 5) is 0. The van der Waals surface area contributed by atoms with Crippen molar-refractivity contribution < 1.29 is 4.57 Å². The van der Waals surface area contributed by atoms with Gasteiger partial charge in [-0.25, -0.2) is 5.26 Å². The molecule has 0 aliphatic heterocycles. The lowest BCUT2D eigenvalue weighted by molar-refractivity contribution is -0.567. The van der Waals surface area contributed by atoms with E-state index >= 15 is 0 Å². The van der Waals surface area contributed by atoms with Gasteiger partial charge in [-0.3, -0.25) is 0 Å². The molecule has 0 N–H and O–H groups in total. The Morgan fingerprint density at radius 3 is 2.09 bits per heavy atom. The van der Waals surface area contributed by atoms with Gasteiger partial charge in [0.05, 0.1) is 0 Å². The Bertz CT molecular complexity index is 238. The molecule has 56 valence electrons. The molecule has 0 saturated carbocycles. The van der Waals surface area contributed by atoms with E-state index in [2.05, 4.69) is 19.2 Å². The lowest BCUT2D eigenvalue weighted by atomic mass is 10.5. The summed E-state index contributed by atoms with van der Waals surface area (Å²) in [5.74, 6) is 0. The van der Waals surface area contributed by atoms with E-state index in [4.69, 9.17) is 5.26 Å². The maximum atomic E-state index is 7.13. The van der Waals surface area contributed by atoms with Crippen molar-refractivity contribution in [2.24, 2.45) is 0 Å². The Kier molecular flexibility index (Phi) is 5.86. The van der Waals surface area contributed by atoms with Crippen LogP contribution in [-0.2, 0) is 12.6 Å². The Morgan fingerprint density at radius 2 is 1.82 bits per heavy atom. The highest BCUT2D eigenvalue weighted by Crippen LogP contribution is 1.74. The summed E-state index contributed by atoms with van der Waals surface area (Å²) in [6.07, 6.45) is 5.62. The lowest BCUT2D eigenvalue weighted by Crippen LogP contribution is -2.22. The number of nitrogens with zero attached hydrogens (tertiary/aromatic N) is 2. The van der Waals surface area contributed by atoms with Crippen molar-refractivity contribution >= 4 is 18.8 Å². The zero-order chi connectivity index (χ0) is 8.53. The van der Waals surface area contributed by atoms with Crippen LogP contribution in [0.1, 0.15) is 0 Å². The SMILES string of the molecule is C=C[n+]1ccccc1.N#C[S-]. The Hall–Kier alpha value is -1.40. The van der Waals surface area contributed by atoms with Crippen molar-refractivity contribution in [1.82, 2.24) is 0 Å². The van der Waals surface area contributed by atoms with Crippen molar-refractivity contribution in [2.45, 2.75) is 0 Å². The van der Waals surface area contributed by atoms with Gasteiger partial charge in [-0.1, -0.05) is 11.5 Å². The molecule has 2 nitrogen and oxygen atoms in total. The van der Waals surface area contributed by atoms with Crippen LogP contribution < -0.4 is 4.57 Å². The van der Waals surface area contributed by atoms with Crippen LogP contribution in [0.15, 0.2) is 37.2 Å². The number of thiocyanates is 1. The zero-order valence-electron chi connectivity index (χ0n) is 5.97. The van der Waals surface area contributed by atoms with E-state index in [1.165, 1.54) is 5.40 Å². The molecule has 1 heterocycles. The largest absolute Gasteiger partial charge is 0.696 e. The molecule has 1 aromatic heterocycles. The van der Waals surface area contributed by atoms with Crippen LogP contribution in [0, 0.1) is 10.7 Å². The van der Waals surface area contributed by atoms with Gasteiger partial charge >= 0.3 is 0 Å². The molecular weight excluding hydrogens is 156 g/mol. The first-order valence-electron chi connectivity index (χ1n) is 2.94. The van der Waals surface area contributed by atoms with Gasteiger partial charge < -0.3 is 12.6 Å². The highest BCUT2D eigenvalue weighted by molar-refractivity contribution is 7.64. The van der Waals surface area contributed by atoms with Crippen LogP contribution in [0.3, 0.4) is 0 Å². The number of hydrogen-bond donors (Lipinski definition) is 0. The predicted octanol–water partition coefficient (Wildman–Crippen LogP) is 1.09. The third-order valence-corrected chi connectivity index (χ3v) is 0.949. The number of rotatable bonds is 1. The maximum absolute atomic E-state index is 7.13. The Labute approximate surface area is 71.8 Å². The standard InChI is InChI=1S/C7H8N.CHNS/c1-2-8-6-4-3-5-7-8;2-1-3/h2-7H,1H2;3H/q+1;/p-1. The minimum absolute atomic E-state index is 1.33. The van der Waals surface area contributed by atoms with Crippen molar-refractivity contribution in [3.8, 4) is 5.40 Å². The minimum atomic E-state index is 1.33. The number of aromatic nitrogens is 1. The first kappa shape index (κ1) is 9.60. The molecule has 0 bridgehead atoms. The Morgan fingerprint density at radius 1 is 1.36 bits per heavy atom. The van der Waals surface area contributed by atoms with Gasteiger partial charge in [-0.2, -0.15) is 4.57 Å². The third kappa shape index (κ3) is 5.07. The van der Waals surface area contributed by atoms with Crippen LogP contribution >= 0.6 is 0 Å². The smallest absolute Gasteiger partial charge is 0.174 e. The molecule has 0 spiro atoms. The molecule has 1 aromatic rings. The fourth-order valence-corrected chi connectivity index (χ4v) is 0.534. The van der Waals surface area contributed by atoms with Crippen LogP contribution in [0.4, 0.5) is 0 Å². The van der Waals surface area contributed by atoms with Gasteiger partial charge in [-0.05, 0) is 6.58 Å². The Balaban J connectivity index is 0.000000292. The van der Waals surface area contributed by atoms with Gasteiger partial charge in [-0.15, -0.1) is 0 Å². The third-order valence-electron chi connectivity index (χ3n) is 0.949. The average molecular weight is 164 g/mol. The molecule has 0 atom stereocenters. The zero-order valence-corrected chi connectivity index (χ0v) is 6.79. The number of pyridine rings is 1. The van der Waals surface area contributed by atoms with E-state index in [1.807, 2.05) is 35.2 Å². The highest BCUT2D eigenvalue weighted by Gasteiger charge is 1.83. The highest BCUT2D eigenvalue weighted by atomic mass is 32.1. The molecule has 0 fully saturated rings. The quantitative estimate of drug-likeness (QED) is 0.353. The van der Waals surface area contributed by atoms with Gasteiger partial charge in [0.25, 0.3) is 0 Å². The van der Waals surface area contributed by atoms with E-state index in [0.717, 1.165) is 0 Å². The molecule has 3 heteroatoms. The van der Waals surface area contributed by atoms with Gasteiger partial charge in [0.1, 0.15) is 0 Å². The normalized spacial score (nSPS) is 6.82. The van der Waals surface area contributed by atoms with E-state index in [-0.39, 0.29) is 0 Å². The summed E-state index contributed by atoms with van der Waals surface area (Å²) in [6, 6.07) is 5.89. The number of hydrogen-bond acceptors (Lipinski definition) is 2. The number of nitriles is 1. The van der Waals surface area contributed by atoms with Crippen molar-refractivity contribution in [2.75, 3.05) is 0 Å². The lowest BCUT2D eigenvalue weighted by Gasteiger charge is -1.79. The molecule has 11 heavy (non-hydrogen) atoms. The second kappa shape index (κ2) is 6.72. The maximum Gasteiger partial charge on any atom is 0.174 e. The molecule has 0 aromatic carbocycles. The fourth-order valence-electron chi connectivity index (χ4n) is 0.534. The van der Waals surface area contributed by atoms with E-state index in [1.54, 1.807) is 6.20 Å². The van der Waals surface area contributed by atoms with Crippen molar-refractivity contribution in [3.05, 3.63) is 37.2 Å². The van der Waals surface area contributed by atoms with E-state index in [0.29, 0.717) is 0 Å². The summed E-state index contributed by atoms with van der Waals surface area (Å²) in [5, 5.41) is 8.47. The average Bonchev–Trinajstić information content (AvgIpc) is 2.08. The summed E-state index contributed by atoms with van der Waals surface area (Å²) >= 11 is 3.70. The molecule has 0 amide bonds. The predicted molar refractivity (Wildman–Crippen MR) is 46.0 cm³/mol. The van der Waals surface area contributed by atoms with Gasteiger partial charge in [0, 0.05) is 12.1 Å². The second-order valence-corrected chi connectivity index (χ2v) is 1.78. The monoisotopic (exact) mass is 164 g/mol. The summed E-state index contributed by atoms with van der Waals surface area (Å²) in [7, 11) is 0. The molecule has 0 unspecified atom stereocenters. The second-order valence-electron chi connectivity index (χ2n) is 1.60. The van der Waals surface area contributed by atoms with Gasteiger partial charge in [0.15, 0.2) is 18.6 Å². The van der Waals surface area contributed by atoms with Crippen LogP contribution in [0.5, 0.6) is 0 Å². The van der Waals surface area contributed by atoms with Crippen LogP contribution in [0.2, 0.25) is 0 Å². The summed E-state index contributed by atoms with van der Waals surface area (Å²) in [6.45, 7) is 3.59. The molecule has 0 saturated heterocycles. The topological polar surface area (TPSA) is 27.7 Å². The molecule has 0 radical (unpaired) electrons. The minimum Gasteiger partial charge on any atom is -0.696 e. The van der Waals surface area contributed by atoms with Crippen molar-refractivity contribution in [1.29, 1.82) is 5.26 Å². The van der Waals surface area contributed by atoms with Gasteiger partial charge in [0.2, 0.25) is 0 Å². The van der Waals surface area contributed by atoms with Crippen LogP contribution in [0.25, 0.3) is 6.20 Å². The molecule has 1 rings (SSSR count). The first-order valence-corrected chi connectivity index (χ1v) is 3.35. The first-order chi connectivity index (χ1) is 5.35. The summed E-state index contributed by atoms with van der Waals surface area (Å²) < 4.78 is 1.89. The molecule has 0 aliphatic rings. The summed E-state index contributed by atoms with van der Waals surface area (Å²) in [5.41, 5.74) is 0. The van der Waals surface area contributed by atoms with E-state index in [9.17, 15) is 0 Å². The molecular formula is C8H8N2S. The fraction of sp³-hybridized carbons (Fsp3) is 0. The van der Waals surface area contributed by atoms with Crippen LogP contribution in [-0.4, -0.2) is 0 Å².